The van der Waals surface area contributed by atoms with Crippen molar-refractivity contribution in [3.8, 4) is 5.75 Å². The quantitative estimate of drug-likeness (QED) is 0.425. The van der Waals surface area contributed by atoms with Gasteiger partial charge in [0.1, 0.15) is 5.75 Å². The Hall–Kier alpha value is -4.13. The lowest BCUT2D eigenvalue weighted by Gasteiger charge is -2.11. The second-order valence-electron chi connectivity index (χ2n) is 7.70. The molecule has 33 heavy (non-hydrogen) atoms. The summed E-state index contributed by atoms with van der Waals surface area (Å²) in [6.07, 6.45) is 0. The molecule has 0 aliphatic carbocycles. The Morgan fingerprint density at radius 3 is 2.48 bits per heavy atom. The van der Waals surface area contributed by atoms with E-state index in [1.165, 1.54) is 7.11 Å². The number of aryl methyl sites for hydroxylation is 1. The second-order valence-corrected chi connectivity index (χ2v) is 7.70. The molecule has 7 nitrogen and oxygen atoms in total. The Labute approximate surface area is 191 Å². The Morgan fingerprint density at radius 2 is 1.70 bits per heavy atom. The van der Waals surface area contributed by atoms with E-state index >= 15 is 0 Å². The molecule has 4 rings (SSSR count). The van der Waals surface area contributed by atoms with Crippen molar-refractivity contribution in [2.75, 3.05) is 19.0 Å². The molecule has 0 aliphatic heterocycles. The largest absolute Gasteiger partial charge is 0.484 e. The zero-order valence-electron chi connectivity index (χ0n) is 18.8. The summed E-state index contributed by atoms with van der Waals surface area (Å²) in [5, 5.41) is 9.61. The van der Waals surface area contributed by atoms with Gasteiger partial charge in [-0.2, -0.15) is 5.10 Å². The zero-order valence-corrected chi connectivity index (χ0v) is 18.8. The SMILES string of the molecule is COC(=O)c1ccccc1Cn1nc(C)c(NC(=O)COc2ccc3ccccc3c2)c1C. The highest BCUT2D eigenvalue weighted by Crippen LogP contribution is 2.23. The average Bonchev–Trinajstić information content (AvgIpc) is 3.09. The topological polar surface area (TPSA) is 82.5 Å². The highest BCUT2D eigenvalue weighted by atomic mass is 16.5. The first kappa shape index (κ1) is 22.1. The van der Waals surface area contributed by atoms with E-state index in [9.17, 15) is 9.59 Å². The molecular weight excluding hydrogens is 418 g/mol. The van der Waals surface area contributed by atoms with Gasteiger partial charge in [0, 0.05) is 0 Å². The van der Waals surface area contributed by atoms with E-state index in [2.05, 4.69) is 10.4 Å². The Morgan fingerprint density at radius 1 is 0.970 bits per heavy atom. The van der Waals surface area contributed by atoms with Gasteiger partial charge in [-0.15, -0.1) is 0 Å². The predicted molar refractivity (Wildman–Crippen MR) is 127 cm³/mol. The van der Waals surface area contributed by atoms with Gasteiger partial charge in [0.05, 0.1) is 36.3 Å². The fourth-order valence-electron chi connectivity index (χ4n) is 3.74. The van der Waals surface area contributed by atoms with Crippen molar-refractivity contribution in [3.05, 3.63) is 89.2 Å². The number of amides is 1. The number of ether oxygens (including phenoxy) is 2. The van der Waals surface area contributed by atoms with Crippen LogP contribution in [0.5, 0.6) is 5.75 Å². The predicted octanol–water partition coefficient (Wildman–Crippen LogP) is 4.51. The summed E-state index contributed by atoms with van der Waals surface area (Å²) >= 11 is 0. The van der Waals surface area contributed by atoms with E-state index < -0.39 is 5.97 Å². The first-order chi connectivity index (χ1) is 16.0. The van der Waals surface area contributed by atoms with E-state index in [-0.39, 0.29) is 12.5 Å². The van der Waals surface area contributed by atoms with Crippen molar-refractivity contribution in [3.63, 3.8) is 0 Å². The summed E-state index contributed by atoms with van der Waals surface area (Å²) in [6, 6.07) is 20.9. The number of carbonyl (C=O) groups excluding carboxylic acids is 2. The number of nitrogens with zero attached hydrogens (tertiary/aromatic N) is 2. The first-order valence-electron chi connectivity index (χ1n) is 10.6. The van der Waals surface area contributed by atoms with E-state index in [0.29, 0.717) is 29.2 Å². The minimum absolute atomic E-state index is 0.117. The lowest BCUT2D eigenvalue weighted by atomic mass is 10.1. The molecule has 3 aromatic carbocycles. The maximum Gasteiger partial charge on any atom is 0.338 e. The van der Waals surface area contributed by atoms with Crippen LogP contribution >= 0.6 is 0 Å². The third-order valence-electron chi connectivity index (χ3n) is 5.48. The van der Waals surface area contributed by atoms with Gasteiger partial charge in [-0.05, 0) is 48.4 Å². The average molecular weight is 444 g/mol. The van der Waals surface area contributed by atoms with Gasteiger partial charge >= 0.3 is 5.97 Å². The Balaban J connectivity index is 1.44. The fourth-order valence-corrected chi connectivity index (χ4v) is 3.74. The van der Waals surface area contributed by atoms with Crippen LogP contribution in [0.1, 0.15) is 27.3 Å². The van der Waals surface area contributed by atoms with Gasteiger partial charge in [-0.1, -0.05) is 48.5 Å². The van der Waals surface area contributed by atoms with E-state index in [4.69, 9.17) is 9.47 Å². The first-order valence-corrected chi connectivity index (χ1v) is 10.6. The number of benzene rings is 3. The molecule has 7 heteroatoms. The number of nitrogens with one attached hydrogen (secondary N) is 1. The van der Waals surface area contributed by atoms with Crippen LogP contribution in [-0.4, -0.2) is 35.4 Å². The Kier molecular flexibility index (Phi) is 6.40. The number of methoxy groups -OCH3 is 1. The third-order valence-corrected chi connectivity index (χ3v) is 5.48. The smallest absolute Gasteiger partial charge is 0.338 e. The van der Waals surface area contributed by atoms with Crippen molar-refractivity contribution < 1.29 is 19.1 Å². The molecule has 0 fully saturated rings. The third kappa shape index (κ3) is 4.87. The number of anilines is 1. The van der Waals surface area contributed by atoms with E-state index in [1.54, 1.807) is 16.8 Å². The molecule has 0 saturated carbocycles. The van der Waals surface area contributed by atoms with Crippen LogP contribution in [0.2, 0.25) is 0 Å². The molecule has 1 heterocycles. The fraction of sp³-hybridized carbons (Fsp3) is 0.192. The number of hydrogen-bond acceptors (Lipinski definition) is 5. The van der Waals surface area contributed by atoms with Crippen molar-refractivity contribution in [2.45, 2.75) is 20.4 Å². The normalized spacial score (nSPS) is 10.8. The lowest BCUT2D eigenvalue weighted by molar-refractivity contribution is -0.118. The highest BCUT2D eigenvalue weighted by molar-refractivity contribution is 5.93. The van der Waals surface area contributed by atoms with Crippen LogP contribution in [0, 0.1) is 13.8 Å². The molecule has 1 amide bonds. The van der Waals surface area contributed by atoms with Crippen LogP contribution in [0.15, 0.2) is 66.7 Å². The monoisotopic (exact) mass is 443 g/mol. The summed E-state index contributed by atoms with van der Waals surface area (Å²) in [5.74, 6) is -0.0391. The summed E-state index contributed by atoms with van der Waals surface area (Å²) < 4.78 is 12.3. The number of fused-ring (bicyclic) bond motifs is 1. The Bertz CT molecular complexity index is 1330. The molecular formula is C26H25N3O4. The summed E-state index contributed by atoms with van der Waals surface area (Å²) in [5.41, 5.74) is 3.38. The van der Waals surface area contributed by atoms with Crippen LogP contribution in [0.25, 0.3) is 10.8 Å². The van der Waals surface area contributed by atoms with Gasteiger partial charge in [0.25, 0.3) is 5.91 Å². The van der Waals surface area contributed by atoms with Gasteiger partial charge in [-0.3, -0.25) is 9.48 Å². The zero-order chi connectivity index (χ0) is 23.4. The molecule has 168 valence electrons. The van der Waals surface area contributed by atoms with Gasteiger partial charge in [0.15, 0.2) is 6.61 Å². The van der Waals surface area contributed by atoms with Crippen molar-refractivity contribution in [1.82, 2.24) is 9.78 Å². The van der Waals surface area contributed by atoms with Crippen molar-refractivity contribution in [2.24, 2.45) is 0 Å². The molecule has 1 aromatic heterocycles. The molecule has 4 aromatic rings. The summed E-state index contributed by atoms with van der Waals surface area (Å²) in [7, 11) is 1.36. The number of carbonyl (C=O) groups is 2. The van der Waals surface area contributed by atoms with Crippen LogP contribution < -0.4 is 10.1 Å². The number of rotatable bonds is 7. The molecule has 0 saturated heterocycles. The molecule has 0 aliphatic rings. The molecule has 0 unspecified atom stereocenters. The maximum atomic E-state index is 12.6. The van der Waals surface area contributed by atoms with Crippen molar-refractivity contribution in [1.29, 1.82) is 0 Å². The molecule has 0 spiro atoms. The number of esters is 1. The summed E-state index contributed by atoms with van der Waals surface area (Å²) in [6.45, 7) is 3.96. The maximum absolute atomic E-state index is 12.6. The van der Waals surface area contributed by atoms with E-state index in [1.807, 2.05) is 68.4 Å². The van der Waals surface area contributed by atoms with Crippen LogP contribution in [-0.2, 0) is 16.1 Å². The molecule has 0 radical (unpaired) electrons. The van der Waals surface area contributed by atoms with Gasteiger partial charge < -0.3 is 14.8 Å². The molecule has 0 atom stereocenters. The minimum Gasteiger partial charge on any atom is -0.484 e. The van der Waals surface area contributed by atoms with Gasteiger partial charge in [0.2, 0.25) is 0 Å². The van der Waals surface area contributed by atoms with Gasteiger partial charge in [-0.25, -0.2) is 4.79 Å². The van der Waals surface area contributed by atoms with Crippen LogP contribution in [0.3, 0.4) is 0 Å². The number of aromatic nitrogens is 2. The minimum atomic E-state index is -0.397. The highest BCUT2D eigenvalue weighted by Gasteiger charge is 2.17. The molecule has 0 bridgehead atoms. The second kappa shape index (κ2) is 9.56. The standard InChI is InChI=1S/C26H25N3O4/c1-17-25(18(2)29(28-17)15-21-10-6-7-11-23(21)26(31)32-3)27-24(30)16-33-22-13-12-19-8-4-5-9-20(19)14-22/h4-14H,15-16H2,1-3H3,(H,27,30). The molecule has 1 N–H and O–H groups in total. The van der Waals surface area contributed by atoms with Crippen LogP contribution in [0.4, 0.5) is 5.69 Å². The number of hydrogen-bond donors (Lipinski definition) is 1. The summed E-state index contributed by atoms with van der Waals surface area (Å²) in [4.78, 5) is 24.6. The lowest BCUT2D eigenvalue weighted by Crippen LogP contribution is -2.21. The van der Waals surface area contributed by atoms with Crippen molar-refractivity contribution >= 4 is 28.3 Å². The van der Waals surface area contributed by atoms with E-state index in [0.717, 1.165) is 22.0 Å².